The molecule has 9 heteroatoms. The van der Waals surface area contributed by atoms with Crippen molar-refractivity contribution in [3.63, 3.8) is 0 Å². The molecule has 1 saturated heterocycles. The monoisotopic (exact) mass is 406 g/mol. The lowest BCUT2D eigenvalue weighted by molar-refractivity contribution is -0.384. The molecule has 0 spiro atoms. The van der Waals surface area contributed by atoms with E-state index in [1.165, 1.54) is 12.1 Å². The van der Waals surface area contributed by atoms with Crippen LogP contribution in [0.2, 0.25) is 0 Å². The lowest BCUT2D eigenvalue weighted by Crippen LogP contribution is -2.37. The van der Waals surface area contributed by atoms with E-state index >= 15 is 0 Å². The normalized spacial score (nSPS) is 14.2. The quantitative estimate of drug-likeness (QED) is 0.619. The maximum Gasteiger partial charge on any atom is 0.270 e. The number of benzene rings is 1. The molecule has 1 amide bonds. The number of nitro groups is 1. The van der Waals surface area contributed by atoms with Gasteiger partial charge in [0.15, 0.2) is 0 Å². The molecule has 1 aliphatic heterocycles. The van der Waals surface area contributed by atoms with Crippen LogP contribution in [0.25, 0.3) is 0 Å². The van der Waals surface area contributed by atoms with Crippen molar-refractivity contribution in [1.29, 1.82) is 0 Å². The molecule has 1 aromatic heterocycles. The lowest BCUT2D eigenvalue weighted by Gasteiger charge is -2.30. The molecule has 0 aliphatic carbocycles. The predicted octanol–water partition coefficient (Wildman–Crippen LogP) is 2.84. The fourth-order valence-corrected chi connectivity index (χ4v) is 2.77. The molecule has 8 nitrogen and oxygen atoms in total. The second-order valence-electron chi connectivity index (χ2n) is 5.37. The van der Waals surface area contributed by atoms with E-state index in [0.717, 1.165) is 4.47 Å². The molecule has 0 unspecified atom stereocenters. The number of amides is 1. The van der Waals surface area contributed by atoms with Gasteiger partial charge in [-0.05, 0) is 34.1 Å². The molecule has 1 fully saturated rings. The maximum absolute atomic E-state index is 12.7. The van der Waals surface area contributed by atoms with Crippen LogP contribution in [0, 0.1) is 10.1 Å². The Balaban J connectivity index is 1.92. The molecular weight excluding hydrogens is 392 g/mol. The van der Waals surface area contributed by atoms with Crippen LogP contribution in [-0.2, 0) is 4.74 Å². The summed E-state index contributed by atoms with van der Waals surface area (Å²) in [5.74, 6) is -0.0763. The minimum Gasteiger partial charge on any atom is -0.378 e. The molecule has 130 valence electrons. The number of hydrogen-bond acceptors (Lipinski definition) is 6. The van der Waals surface area contributed by atoms with Gasteiger partial charge in [0.1, 0.15) is 5.82 Å². The summed E-state index contributed by atoms with van der Waals surface area (Å²) in [6, 6.07) is 7.69. The van der Waals surface area contributed by atoms with Crippen molar-refractivity contribution in [1.82, 2.24) is 4.98 Å². The summed E-state index contributed by atoms with van der Waals surface area (Å²) < 4.78 is 6.11. The van der Waals surface area contributed by atoms with Crippen LogP contribution in [0.15, 0.2) is 41.0 Å². The second-order valence-corrected chi connectivity index (χ2v) is 6.29. The average molecular weight is 407 g/mol. The zero-order chi connectivity index (χ0) is 17.8. The number of nitrogens with zero attached hydrogens (tertiary/aromatic N) is 3. The lowest BCUT2D eigenvalue weighted by atomic mass is 10.1. The highest BCUT2D eigenvalue weighted by molar-refractivity contribution is 9.10. The van der Waals surface area contributed by atoms with E-state index in [2.05, 4.69) is 26.2 Å². The Labute approximate surface area is 152 Å². The van der Waals surface area contributed by atoms with Crippen molar-refractivity contribution in [3.8, 4) is 0 Å². The zero-order valence-corrected chi connectivity index (χ0v) is 14.7. The molecule has 0 saturated carbocycles. The molecule has 25 heavy (non-hydrogen) atoms. The molecule has 1 aromatic carbocycles. The van der Waals surface area contributed by atoms with Crippen molar-refractivity contribution < 1.29 is 14.5 Å². The first-order valence-electron chi connectivity index (χ1n) is 7.58. The van der Waals surface area contributed by atoms with Crippen molar-refractivity contribution in [2.45, 2.75) is 0 Å². The topological polar surface area (TPSA) is 97.6 Å². The van der Waals surface area contributed by atoms with E-state index in [1.54, 1.807) is 24.4 Å². The number of morpholine rings is 1. The maximum atomic E-state index is 12.7. The fourth-order valence-electron chi connectivity index (χ4n) is 2.53. The van der Waals surface area contributed by atoms with E-state index in [4.69, 9.17) is 4.74 Å². The van der Waals surface area contributed by atoms with Gasteiger partial charge in [-0.2, -0.15) is 0 Å². The van der Waals surface area contributed by atoms with E-state index in [0.29, 0.717) is 37.8 Å². The van der Waals surface area contributed by atoms with Crippen LogP contribution in [-0.4, -0.2) is 42.1 Å². The predicted molar refractivity (Wildman–Crippen MR) is 96.0 cm³/mol. The van der Waals surface area contributed by atoms with Gasteiger partial charge in [0.25, 0.3) is 11.6 Å². The van der Waals surface area contributed by atoms with Crippen molar-refractivity contribution >= 4 is 39.0 Å². The first-order valence-corrected chi connectivity index (χ1v) is 8.38. The van der Waals surface area contributed by atoms with Crippen LogP contribution in [0.3, 0.4) is 0 Å². The fraction of sp³-hybridized carbons (Fsp3) is 0.250. The number of anilines is 2. The Morgan fingerprint density at radius 3 is 2.68 bits per heavy atom. The van der Waals surface area contributed by atoms with E-state index in [-0.39, 0.29) is 11.3 Å². The Hall–Kier alpha value is -2.52. The van der Waals surface area contributed by atoms with Gasteiger partial charge >= 0.3 is 0 Å². The van der Waals surface area contributed by atoms with Gasteiger partial charge in [-0.25, -0.2) is 4.98 Å². The Kier molecular flexibility index (Phi) is 5.25. The molecule has 0 bridgehead atoms. The van der Waals surface area contributed by atoms with Gasteiger partial charge < -0.3 is 15.0 Å². The standard InChI is InChI=1S/C16H15BrN4O4/c17-11-1-4-15(18-10-11)19-16(22)13-9-12(21(23)24)2-3-14(13)20-5-7-25-8-6-20/h1-4,9-10H,5-8H2,(H,18,19,22). The highest BCUT2D eigenvalue weighted by atomic mass is 79.9. The first-order chi connectivity index (χ1) is 12.0. The second kappa shape index (κ2) is 7.58. The van der Waals surface area contributed by atoms with Crippen molar-refractivity contribution in [2.75, 3.05) is 36.5 Å². The number of carbonyl (C=O) groups excluding carboxylic acids is 1. The number of nitro benzene ring substituents is 1. The summed E-state index contributed by atoms with van der Waals surface area (Å²) in [4.78, 5) is 29.3. The van der Waals surface area contributed by atoms with Gasteiger partial charge in [0.05, 0.1) is 29.4 Å². The number of nitrogens with one attached hydrogen (secondary N) is 1. The number of halogens is 1. The van der Waals surface area contributed by atoms with Gasteiger partial charge in [-0.3, -0.25) is 14.9 Å². The number of ether oxygens (including phenoxy) is 1. The van der Waals surface area contributed by atoms with Crippen LogP contribution in [0.1, 0.15) is 10.4 Å². The number of pyridine rings is 1. The van der Waals surface area contributed by atoms with Crippen LogP contribution in [0.5, 0.6) is 0 Å². The largest absolute Gasteiger partial charge is 0.378 e. The van der Waals surface area contributed by atoms with Crippen LogP contribution >= 0.6 is 15.9 Å². The van der Waals surface area contributed by atoms with E-state index < -0.39 is 10.8 Å². The third-order valence-electron chi connectivity index (χ3n) is 3.76. The molecular formula is C16H15BrN4O4. The van der Waals surface area contributed by atoms with Gasteiger partial charge in [-0.1, -0.05) is 0 Å². The van der Waals surface area contributed by atoms with Crippen LogP contribution < -0.4 is 10.2 Å². The smallest absolute Gasteiger partial charge is 0.270 e. The molecule has 3 rings (SSSR count). The zero-order valence-electron chi connectivity index (χ0n) is 13.1. The third-order valence-corrected chi connectivity index (χ3v) is 4.23. The van der Waals surface area contributed by atoms with E-state index in [9.17, 15) is 14.9 Å². The SMILES string of the molecule is O=C(Nc1ccc(Br)cn1)c1cc([N+](=O)[O-])ccc1N1CCOCC1. The summed E-state index contributed by atoms with van der Waals surface area (Å²) in [6.07, 6.45) is 1.56. The van der Waals surface area contributed by atoms with Crippen molar-refractivity contribution in [3.05, 3.63) is 56.7 Å². The number of carbonyl (C=O) groups is 1. The average Bonchev–Trinajstić information content (AvgIpc) is 2.63. The highest BCUT2D eigenvalue weighted by Gasteiger charge is 2.22. The third kappa shape index (κ3) is 4.12. The number of rotatable bonds is 4. The Morgan fingerprint density at radius 2 is 2.04 bits per heavy atom. The number of hydrogen-bond donors (Lipinski definition) is 1. The van der Waals surface area contributed by atoms with Crippen molar-refractivity contribution in [2.24, 2.45) is 0 Å². The summed E-state index contributed by atoms with van der Waals surface area (Å²) in [5.41, 5.74) is 0.746. The van der Waals surface area contributed by atoms with Gasteiger partial charge in [0.2, 0.25) is 0 Å². The van der Waals surface area contributed by atoms with E-state index in [1.807, 2.05) is 4.90 Å². The summed E-state index contributed by atoms with van der Waals surface area (Å²) >= 11 is 3.28. The number of aromatic nitrogens is 1. The summed E-state index contributed by atoms with van der Waals surface area (Å²) in [7, 11) is 0. The minimum absolute atomic E-state index is 0.133. The first kappa shape index (κ1) is 17.3. The molecule has 2 aromatic rings. The molecule has 2 heterocycles. The molecule has 1 N–H and O–H groups in total. The van der Waals surface area contributed by atoms with Gasteiger partial charge in [-0.15, -0.1) is 0 Å². The van der Waals surface area contributed by atoms with Crippen LogP contribution in [0.4, 0.5) is 17.2 Å². The minimum atomic E-state index is -0.516. The van der Waals surface area contributed by atoms with Gasteiger partial charge in [0, 0.05) is 35.9 Å². The summed E-state index contributed by atoms with van der Waals surface area (Å²) in [6.45, 7) is 2.34. The molecule has 0 atom stereocenters. The summed E-state index contributed by atoms with van der Waals surface area (Å²) in [5, 5.41) is 13.8. The molecule has 1 aliphatic rings. The Morgan fingerprint density at radius 1 is 1.28 bits per heavy atom. The Bertz CT molecular complexity index is 791. The highest BCUT2D eigenvalue weighted by Crippen LogP contribution is 2.27. The number of non-ortho nitro benzene ring substituents is 1. The molecule has 0 radical (unpaired) electrons.